The van der Waals surface area contributed by atoms with Crippen molar-refractivity contribution < 1.29 is 24.9 Å². The maximum atomic E-state index is 11.4. The summed E-state index contributed by atoms with van der Waals surface area (Å²) in [5, 5.41) is 27.8. The smallest absolute Gasteiger partial charge is 0.312 e. The molecule has 0 saturated heterocycles. The highest BCUT2D eigenvalue weighted by Gasteiger charge is 2.26. The molecule has 3 atom stereocenters. The summed E-state index contributed by atoms with van der Waals surface area (Å²) in [6.07, 6.45) is -1.80. The van der Waals surface area contributed by atoms with Crippen LogP contribution in [0.1, 0.15) is 20.8 Å². The van der Waals surface area contributed by atoms with Crippen LogP contribution in [0.15, 0.2) is 0 Å². The van der Waals surface area contributed by atoms with Gasteiger partial charge in [0.2, 0.25) is 0 Å². The van der Waals surface area contributed by atoms with E-state index in [1.807, 2.05) is 0 Å². The zero-order chi connectivity index (χ0) is 12.7. The van der Waals surface area contributed by atoms with Crippen LogP contribution in [0, 0.1) is 5.92 Å². The highest BCUT2D eigenvalue weighted by Crippen LogP contribution is 2.08. The van der Waals surface area contributed by atoms with Gasteiger partial charge in [-0.05, 0) is 20.8 Å². The molecule has 0 fully saturated rings. The molecule has 0 aliphatic carbocycles. The number of carbonyl (C=O) groups excluding carboxylic acids is 1. The van der Waals surface area contributed by atoms with Crippen molar-refractivity contribution in [3.8, 4) is 0 Å². The number of carbonyl (C=O) groups is 1. The first-order chi connectivity index (χ1) is 7.43. The van der Waals surface area contributed by atoms with Gasteiger partial charge in [0.05, 0.1) is 19.1 Å². The molecule has 0 rings (SSSR count). The fraction of sp³-hybridized carbons (Fsp3) is 0.900. The summed E-state index contributed by atoms with van der Waals surface area (Å²) in [5.74, 6) is -1.29. The summed E-state index contributed by atoms with van der Waals surface area (Å²) < 4.78 is 4.77. The Morgan fingerprint density at radius 2 is 1.81 bits per heavy atom. The van der Waals surface area contributed by atoms with Gasteiger partial charge in [0, 0.05) is 6.54 Å². The Hall–Kier alpha value is -0.690. The fourth-order valence-electron chi connectivity index (χ4n) is 1.34. The number of ether oxygens (including phenoxy) is 1. The topological polar surface area (TPSA) is 90.2 Å². The zero-order valence-electron chi connectivity index (χ0n) is 9.96. The van der Waals surface area contributed by atoms with E-state index < -0.39 is 24.3 Å². The molecule has 0 heterocycles. The Morgan fingerprint density at radius 3 is 2.12 bits per heavy atom. The Morgan fingerprint density at radius 1 is 1.31 bits per heavy atom. The molecule has 0 saturated carbocycles. The summed E-state index contributed by atoms with van der Waals surface area (Å²) in [4.78, 5) is 12.7. The molecule has 0 spiro atoms. The molecule has 0 aromatic rings. The molecule has 0 aromatic carbocycles. The average molecular weight is 235 g/mol. The lowest BCUT2D eigenvalue weighted by Gasteiger charge is -2.30. The maximum absolute atomic E-state index is 11.4. The van der Waals surface area contributed by atoms with Crippen molar-refractivity contribution in [1.29, 1.82) is 0 Å². The summed E-state index contributed by atoms with van der Waals surface area (Å²) in [7, 11) is 0. The standard InChI is InChI=1S/C10H21NO5/c1-4-16-10(15)9(6-12)5-11(7(2)13)8(3)14/h7-9,12-14H,4-6H2,1-3H3. The van der Waals surface area contributed by atoms with Crippen molar-refractivity contribution >= 4 is 5.97 Å². The molecule has 6 nitrogen and oxygen atoms in total. The SMILES string of the molecule is CCOC(=O)C(CO)CN(C(C)O)C(C)O. The Balaban J connectivity index is 4.43. The van der Waals surface area contributed by atoms with Crippen molar-refractivity contribution in [2.75, 3.05) is 19.8 Å². The van der Waals surface area contributed by atoms with Gasteiger partial charge in [-0.3, -0.25) is 9.69 Å². The van der Waals surface area contributed by atoms with Crippen LogP contribution in [0.5, 0.6) is 0 Å². The third-order valence-corrected chi connectivity index (χ3v) is 2.23. The molecule has 0 aromatic heterocycles. The molecule has 3 unspecified atom stereocenters. The molecular formula is C10H21NO5. The normalized spacial score (nSPS) is 16.9. The number of hydrogen-bond acceptors (Lipinski definition) is 6. The van der Waals surface area contributed by atoms with Crippen molar-refractivity contribution in [2.24, 2.45) is 5.92 Å². The number of hydrogen-bond donors (Lipinski definition) is 3. The average Bonchev–Trinajstić information content (AvgIpc) is 2.18. The lowest BCUT2D eigenvalue weighted by molar-refractivity contribution is -0.154. The van der Waals surface area contributed by atoms with Crippen LogP contribution in [-0.4, -0.2) is 58.4 Å². The van der Waals surface area contributed by atoms with Gasteiger partial charge in [-0.1, -0.05) is 0 Å². The predicted octanol–water partition coefficient (Wildman–Crippen LogP) is -0.863. The number of aliphatic hydroxyl groups is 3. The predicted molar refractivity (Wildman–Crippen MR) is 57.3 cm³/mol. The van der Waals surface area contributed by atoms with E-state index in [-0.39, 0.29) is 19.8 Å². The second-order valence-corrected chi connectivity index (χ2v) is 3.59. The van der Waals surface area contributed by atoms with Crippen molar-refractivity contribution in [1.82, 2.24) is 4.90 Å². The van der Waals surface area contributed by atoms with Gasteiger partial charge in [-0.25, -0.2) is 0 Å². The number of aliphatic hydroxyl groups excluding tert-OH is 3. The molecular weight excluding hydrogens is 214 g/mol. The highest BCUT2D eigenvalue weighted by atomic mass is 16.5. The molecule has 3 N–H and O–H groups in total. The molecule has 0 bridgehead atoms. The molecule has 96 valence electrons. The van der Waals surface area contributed by atoms with E-state index in [0.717, 1.165) is 0 Å². The van der Waals surface area contributed by atoms with Crippen LogP contribution in [0.3, 0.4) is 0 Å². The van der Waals surface area contributed by atoms with Gasteiger partial charge in [0.15, 0.2) is 0 Å². The maximum Gasteiger partial charge on any atom is 0.312 e. The molecule has 6 heteroatoms. The van der Waals surface area contributed by atoms with Crippen molar-refractivity contribution in [3.63, 3.8) is 0 Å². The van der Waals surface area contributed by atoms with E-state index in [2.05, 4.69) is 0 Å². The van der Waals surface area contributed by atoms with Crippen LogP contribution >= 0.6 is 0 Å². The summed E-state index contributed by atoms with van der Waals surface area (Å²) >= 11 is 0. The van der Waals surface area contributed by atoms with Gasteiger partial charge in [-0.2, -0.15) is 0 Å². The van der Waals surface area contributed by atoms with Gasteiger partial charge in [0.25, 0.3) is 0 Å². The summed E-state index contributed by atoms with van der Waals surface area (Å²) in [6, 6.07) is 0. The minimum atomic E-state index is -0.900. The van der Waals surface area contributed by atoms with E-state index in [1.165, 1.54) is 18.7 Å². The van der Waals surface area contributed by atoms with Crippen LogP contribution in [0.2, 0.25) is 0 Å². The fourth-order valence-corrected chi connectivity index (χ4v) is 1.34. The van der Waals surface area contributed by atoms with Crippen LogP contribution in [0.25, 0.3) is 0 Å². The first kappa shape index (κ1) is 15.3. The van der Waals surface area contributed by atoms with Gasteiger partial charge in [-0.15, -0.1) is 0 Å². The highest BCUT2D eigenvalue weighted by molar-refractivity contribution is 5.72. The van der Waals surface area contributed by atoms with Crippen LogP contribution < -0.4 is 0 Å². The van der Waals surface area contributed by atoms with Crippen molar-refractivity contribution in [2.45, 2.75) is 33.2 Å². The van der Waals surface area contributed by atoms with E-state index in [1.54, 1.807) is 6.92 Å². The van der Waals surface area contributed by atoms with E-state index in [4.69, 9.17) is 9.84 Å². The van der Waals surface area contributed by atoms with Gasteiger partial charge < -0.3 is 20.1 Å². The van der Waals surface area contributed by atoms with Crippen LogP contribution in [0.4, 0.5) is 0 Å². The Bertz CT molecular complexity index is 199. The van der Waals surface area contributed by atoms with Gasteiger partial charge >= 0.3 is 5.97 Å². The third kappa shape index (κ3) is 4.89. The van der Waals surface area contributed by atoms with Crippen molar-refractivity contribution in [3.05, 3.63) is 0 Å². The number of nitrogens with zero attached hydrogens (tertiary/aromatic N) is 1. The first-order valence-electron chi connectivity index (χ1n) is 5.33. The second kappa shape index (κ2) is 7.56. The number of rotatable bonds is 7. The number of esters is 1. The quantitative estimate of drug-likeness (QED) is 0.393. The Kier molecular flexibility index (Phi) is 7.24. The third-order valence-electron chi connectivity index (χ3n) is 2.23. The van der Waals surface area contributed by atoms with E-state index in [0.29, 0.717) is 0 Å². The summed E-state index contributed by atoms with van der Waals surface area (Å²) in [5.41, 5.74) is 0. The molecule has 16 heavy (non-hydrogen) atoms. The van der Waals surface area contributed by atoms with Gasteiger partial charge in [0.1, 0.15) is 12.5 Å². The first-order valence-corrected chi connectivity index (χ1v) is 5.33. The molecule has 0 radical (unpaired) electrons. The molecule has 0 aliphatic heterocycles. The van der Waals surface area contributed by atoms with E-state index >= 15 is 0 Å². The minimum absolute atomic E-state index is 0.0463. The second-order valence-electron chi connectivity index (χ2n) is 3.59. The minimum Gasteiger partial charge on any atom is -0.466 e. The largest absolute Gasteiger partial charge is 0.466 e. The molecule has 0 aliphatic rings. The summed E-state index contributed by atoms with van der Waals surface area (Å²) in [6.45, 7) is 4.53. The van der Waals surface area contributed by atoms with Crippen LogP contribution in [-0.2, 0) is 9.53 Å². The lowest BCUT2D eigenvalue weighted by atomic mass is 10.1. The lowest BCUT2D eigenvalue weighted by Crippen LogP contribution is -2.45. The van der Waals surface area contributed by atoms with E-state index in [9.17, 15) is 15.0 Å². The monoisotopic (exact) mass is 235 g/mol. The molecule has 0 amide bonds. The zero-order valence-corrected chi connectivity index (χ0v) is 9.96. The Labute approximate surface area is 95.4 Å².